The van der Waals surface area contributed by atoms with Crippen LogP contribution in [0.1, 0.15) is 6.92 Å². The van der Waals surface area contributed by atoms with Crippen LogP contribution in [-0.2, 0) is 4.79 Å². The summed E-state index contributed by atoms with van der Waals surface area (Å²) in [5.41, 5.74) is 1.71. The van der Waals surface area contributed by atoms with Gasteiger partial charge in [-0.05, 0) is 36.4 Å². The number of amides is 1. The third kappa shape index (κ3) is 3.42. The zero-order valence-corrected chi connectivity index (χ0v) is 13.1. The maximum absolute atomic E-state index is 12.9. The molecule has 114 valence electrons. The molecule has 0 saturated heterocycles. The van der Waals surface area contributed by atoms with Crippen molar-refractivity contribution >= 4 is 29.0 Å². The highest BCUT2D eigenvalue weighted by molar-refractivity contribution is 8.00. The summed E-state index contributed by atoms with van der Waals surface area (Å²) in [5.74, 6) is -0.408. The van der Waals surface area contributed by atoms with Gasteiger partial charge in [-0.3, -0.25) is 4.79 Å². The van der Waals surface area contributed by atoms with Gasteiger partial charge in [0.2, 0.25) is 5.91 Å². The Morgan fingerprint density at radius 3 is 2.77 bits per heavy atom. The van der Waals surface area contributed by atoms with Crippen LogP contribution in [0, 0.1) is 5.82 Å². The largest absolute Gasteiger partial charge is 0.360 e. The van der Waals surface area contributed by atoms with Crippen molar-refractivity contribution in [3.63, 3.8) is 0 Å². The SMILES string of the molecule is C[C@H]1CN(CC(=O)Nc2ccc(F)cc2)c2ccccc2S1. The summed E-state index contributed by atoms with van der Waals surface area (Å²) in [6.45, 7) is 3.28. The Morgan fingerprint density at radius 1 is 1.27 bits per heavy atom. The number of halogens is 1. The van der Waals surface area contributed by atoms with Gasteiger partial charge in [-0.25, -0.2) is 4.39 Å². The Morgan fingerprint density at radius 2 is 2.00 bits per heavy atom. The van der Waals surface area contributed by atoms with Crippen molar-refractivity contribution in [2.75, 3.05) is 23.3 Å². The van der Waals surface area contributed by atoms with Crippen LogP contribution >= 0.6 is 11.8 Å². The lowest BCUT2D eigenvalue weighted by molar-refractivity contribution is -0.115. The average Bonchev–Trinajstić information content (AvgIpc) is 2.49. The molecule has 3 rings (SSSR count). The Bertz CT molecular complexity index is 675. The summed E-state index contributed by atoms with van der Waals surface area (Å²) in [6.07, 6.45) is 0. The van der Waals surface area contributed by atoms with E-state index in [4.69, 9.17) is 0 Å². The quantitative estimate of drug-likeness (QED) is 0.935. The number of nitrogens with one attached hydrogen (secondary N) is 1. The predicted molar refractivity (Wildman–Crippen MR) is 89.0 cm³/mol. The number of anilines is 2. The molecular formula is C17H17FN2OS. The molecule has 0 unspecified atom stereocenters. The van der Waals surface area contributed by atoms with E-state index in [1.165, 1.54) is 17.0 Å². The summed E-state index contributed by atoms with van der Waals surface area (Å²) in [6, 6.07) is 13.9. The van der Waals surface area contributed by atoms with Gasteiger partial charge in [-0.2, -0.15) is 0 Å². The molecule has 1 heterocycles. The van der Waals surface area contributed by atoms with E-state index in [1.807, 2.05) is 30.0 Å². The van der Waals surface area contributed by atoms with E-state index >= 15 is 0 Å². The predicted octanol–water partition coefficient (Wildman–Crippen LogP) is 3.77. The summed E-state index contributed by atoms with van der Waals surface area (Å²) < 4.78 is 12.9. The molecule has 0 radical (unpaired) electrons. The molecule has 0 saturated carbocycles. The van der Waals surface area contributed by atoms with Gasteiger partial charge in [0.25, 0.3) is 0 Å². The standard InChI is InChI=1S/C17H17FN2OS/c1-12-10-20(15-4-2-3-5-16(15)22-12)11-17(21)19-14-8-6-13(18)7-9-14/h2-9,12H,10-11H2,1H3,(H,19,21)/t12-/m0/s1. The van der Waals surface area contributed by atoms with E-state index in [0.717, 1.165) is 12.2 Å². The summed E-state index contributed by atoms with van der Waals surface area (Å²) in [4.78, 5) is 15.5. The first-order chi connectivity index (χ1) is 10.6. The molecule has 1 atom stereocenters. The number of nitrogens with zero attached hydrogens (tertiary/aromatic N) is 1. The van der Waals surface area contributed by atoms with Crippen LogP contribution in [0.3, 0.4) is 0 Å². The number of thioether (sulfide) groups is 1. The fraction of sp³-hybridized carbons (Fsp3) is 0.235. The Kier molecular flexibility index (Phi) is 4.34. The first-order valence-corrected chi connectivity index (χ1v) is 8.06. The fourth-order valence-electron chi connectivity index (χ4n) is 2.54. The van der Waals surface area contributed by atoms with Gasteiger partial charge in [0.1, 0.15) is 5.82 Å². The molecule has 0 spiro atoms. The number of fused-ring (bicyclic) bond motifs is 1. The van der Waals surface area contributed by atoms with Crippen LogP contribution in [0.2, 0.25) is 0 Å². The molecule has 3 nitrogen and oxygen atoms in total. The van der Waals surface area contributed by atoms with E-state index < -0.39 is 0 Å². The van der Waals surface area contributed by atoms with Crippen molar-refractivity contribution in [3.05, 3.63) is 54.3 Å². The average molecular weight is 316 g/mol. The number of benzene rings is 2. The van der Waals surface area contributed by atoms with Gasteiger partial charge in [0.05, 0.1) is 12.2 Å². The van der Waals surface area contributed by atoms with Crippen LogP contribution in [0.15, 0.2) is 53.4 Å². The normalized spacial score (nSPS) is 17.0. The van der Waals surface area contributed by atoms with Gasteiger partial charge >= 0.3 is 0 Å². The topological polar surface area (TPSA) is 32.3 Å². The van der Waals surface area contributed by atoms with Crippen molar-refractivity contribution < 1.29 is 9.18 Å². The van der Waals surface area contributed by atoms with Crippen molar-refractivity contribution in [1.82, 2.24) is 0 Å². The number of para-hydroxylation sites is 1. The van der Waals surface area contributed by atoms with Crippen LogP contribution in [0.5, 0.6) is 0 Å². The highest BCUT2D eigenvalue weighted by Gasteiger charge is 2.23. The lowest BCUT2D eigenvalue weighted by atomic mass is 10.2. The molecule has 5 heteroatoms. The van der Waals surface area contributed by atoms with Gasteiger partial charge in [-0.1, -0.05) is 19.1 Å². The van der Waals surface area contributed by atoms with Crippen LogP contribution < -0.4 is 10.2 Å². The number of hydrogen-bond donors (Lipinski definition) is 1. The molecule has 2 aromatic carbocycles. The van der Waals surface area contributed by atoms with Crippen molar-refractivity contribution in [2.45, 2.75) is 17.1 Å². The smallest absolute Gasteiger partial charge is 0.243 e. The molecule has 1 amide bonds. The molecule has 1 N–H and O–H groups in total. The summed E-state index contributed by atoms with van der Waals surface area (Å²) in [7, 11) is 0. The fourth-order valence-corrected chi connectivity index (χ4v) is 3.70. The Labute approximate surface area is 133 Å². The maximum atomic E-state index is 12.9. The summed E-state index contributed by atoms with van der Waals surface area (Å²) >= 11 is 1.83. The minimum Gasteiger partial charge on any atom is -0.360 e. The number of carbonyl (C=O) groups is 1. The molecule has 22 heavy (non-hydrogen) atoms. The zero-order valence-electron chi connectivity index (χ0n) is 12.3. The molecule has 0 fully saturated rings. The van der Waals surface area contributed by atoms with Gasteiger partial charge in [-0.15, -0.1) is 11.8 Å². The second kappa shape index (κ2) is 6.40. The monoisotopic (exact) mass is 316 g/mol. The van der Waals surface area contributed by atoms with Crippen LogP contribution in [-0.4, -0.2) is 24.2 Å². The van der Waals surface area contributed by atoms with Gasteiger partial charge in [0, 0.05) is 22.4 Å². The third-order valence-electron chi connectivity index (χ3n) is 3.47. The first kappa shape index (κ1) is 14.9. The number of hydrogen-bond acceptors (Lipinski definition) is 3. The van der Waals surface area contributed by atoms with Crippen molar-refractivity contribution in [1.29, 1.82) is 0 Å². The minimum atomic E-state index is -0.311. The minimum absolute atomic E-state index is 0.0967. The molecule has 0 aliphatic carbocycles. The number of carbonyl (C=O) groups excluding carboxylic acids is 1. The van der Waals surface area contributed by atoms with Gasteiger partial charge in [0.15, 0.2) is 0 Å². The molecule has 1 aliphatic heterocycles. The maximum Gasteiger partial charge on any atom is 0.243 e. The second-order valence-electron chi connectivity index (χ2n) is 5.33. The van der Waals surface area contributed by atoms with Crippen molar-refractivity contribution in [3.8, 4) is 0 Å². The molecule has 2 aromatic rings. The van der Waals surface area contributed by atoms with E-state index in [9.17, 15) is 9.18 Å². The highest BCUT2D eigenvalue weighted by atomic mass is 32.2. The van der Waals surface area contributed by atoms with E-state index in [1.54, 1.807) is 12.1 Å². The van der Waals surface area contributed by atoms with E-state index in [0.29, 0.717) is 17.5 Å². The van der Waals surface area contributed by atoms with E-state index in [-0.39, 0.29) is 11.7 Å². The van der Waals surface area contributed by atoms with E-state index in [2.05, 4.69) is 23.2 Å². The second-order valence-corrected chi connectivity index (χ2v) is 6.81. The third-order valence-corrected chi connectivity index (χ3v) is 4.62. The van der Waals surface area contributed by atoms with Gasteiger partial charge < -0.3 is 10.2 Å². The molecule has 0 aromatic heterocycles. The first-order valence-electron chi connectivity index (χ1n) is 7.18. The van der Waals surface area contributed by atoms with Crippen molar-refractivity contribution in [2.24, 2.45) is 0 Å². The Hall–Kier alpha value is -2.01. The lowest BCUT2D eigenvalue weighted by Gasteiger charge is -2.33. The lowest BCUT2D eigenvalue weighted by Crippen LogP contribution is -2.39. The zero-order chi connectivity index (χ0) is 15.5. The molecule has 0 bridgehead atoms. The Balaban J connectivity index is 1.70. The van der Waals surface area contributed by atoms with Crippen LogP contribution in [0.4, 0.5) is 15.8 Å². The molecule has 1 aliphatic rings. The summed E-state index contributed by atoms with van der Waals surface area (Å²) in [5, 5.41) is 3.25. The molecular weight excluding hydrogens is 299 g/mol. The van der Waals surface area contributed by atoms with Crippen LogP contribution in [0.25, 0.3) is 0 Å². The highest BCUT2D eigenvalue weighted by Crippen LogP contribution is 2.37. The number of rotatable bonds is 3.